The zero-order valence-corrected chi connectivity index (χ0v) is 14.3. The highest BCUT2D eigenvalue weighted by atomic mass is 16.5. The normalized spacial score (nSPS) is 13.3. The molecule has 0 fully saturated rings. The summed E-state index contributed by atoms with van der Waals surface area (Å²) in [4.78, 5) is 13.3. The lowest BCUT2D eigenvalue weighted by Gasteiger charge is -2.32. The number of carbonyl (C=O) groups is 1. The number of benzene rings is 2. The van der Waals surface area contributed by atoms with Crippen LogP contribution in [0.2, 0.25) is 0 Å². The van der Waals surface area contributed by atoms with Crippen molar-refractivity contribution in [2.45, 2.75) is 25.9 Å². The van der Waals surface area contributed by atoms with Crippen LogP contribution in [-0.2, 0) is 19.5 Å². The largest absolute Gasteiger partial charge is 0.497 e. The fourth-order valence-electron chi connectivity index (χ4n) is 3.23. The second-order valence-electron chi connectivity index (χ2n) is 6.24. The Bertz CT molecular complexity index is 763. The van der Waals surface area contributed by atoms with Crippen molar-refractivity contribution in [2.24, 2.45) is 5.73 Å². The number of aryl methyl sites for hydroxylation is 1. The highest BCUT2D eigenvalue weighted by Crippen LogP contribution is 2.30. The molecule has 6 nitrogen and oxygen atoms in total. The maximum Gasteiger partial charge on any atom is 0.338 e. The van der Waals surface area contributed by atoms with Crippen molar-refractivity contribution in [3.05, 3.63) is 59.2 Å². The molecule has 1 aliphatic heterocycles. The minimum atomic E-state index is -0.850. The zero-order valence-electron chi connectivity index (χ0n) is 14.3. The number of hydroxylamine groups is 2. The number of ether oxygens (including phenoxy) is 1. The van der Waals surface area contributed by atoms with Gasteiger partial charge in [-0.1, -0.05) is 24.3 Å². The predicted octanol–water partition coefficient (Wildman–Crippen LogP) is 2.92. The Labute approximate surface area is 147 Å². The van der Waals surface area contributed by atoms with Crippen LogP contribution in [0.15, 0.2) is 42.5 Å². The molecule has 0 bridgehead atoms. The van der Waals surface area contributed by atoms with Gasteiger partial charge >= 0.3 is 6.03 Å². The maximum absolute atomic E-state index is 11.0. The molecule has 132 valence electrons. The van der Waals surface area contributed by atoms with Gasteiger partial charge in [0.25, 0.3) is 0 Å². The topological polar surface area (TPSA) is 79.0 Å². The number of urea groups is 1. The first kappa shape index (κ1) is 17.1. The van der Waals surface area contributed by atoms with Crippen LogP contribution in [0, 0.1) is 0 Å². The summed E-state index contributed by atoms with van der Waals surface area (Å²) < 4.78 is 5.30. The van der Waals surface area contributed by atoms with Crippen molar-refractivity contribution >= 4 is 11.7 Å². The van der Waals surface area contributed by atoms with Crippen LogP contribution in [0.25, 0.3) is 0 Å². The summed E-state index contributed by atoms with van der Waals surface area (Å²) in [6, 6.07) is 13.3. The molecule has 0 aliphatic carbocycles. The molecule has 0 spiro atoms. The highest BCUT2D eigenvalue weighted by Gasteiger charge is 2.18. The summed E-state index contributed by atoms with van der Waals surface area (Å²) in [7, 11) is 1.67. The molecular weight excluding hydrogens is 318 g/mol. The van der Waals surface area contributed by atoms with Crippen LogP contribution in [0.3, 0.4) is 0 Å². The first-order valence-corrected chi connectivity index (χ1v) is 8.32. The van der Waals surface area contributed by atoms with E-state index in [2.05, 4.69) is 23.1 Å². The summed E-state index contributed by atoms with van der Waals surface area (Å²) in [5, 5.41) is 10.0. The van der Waals surface area contributed by atoms with Gasteiger partial charge in [-0.05, 0) is 47.7 Å². The third-order valence-corrected chi connectivity index (χ3v) is 4.45. The molecule has 0 saturated carbocycles. The lowest BCUT2D eigenvalue weighted by Crippen LogP contribution is -2.32. The quantitative estimate of drug-likeness (QED) is 0.647. The predicted molar refractivity (Wildman–Crippen MR) is 95.7 cm³/mol. The van der Waals surface area contributed by atoms with Crippen LogP contribution in [0.4, 0.5) is 10.5 Å². The number of nitrogens with two attached hydrogens (primary N) is 1. The number of methoxy groups -OCH3 is 1. The Kier molecular flexibility index (Phi) is 5.09. The van der Waals surface area contributed by atoms with Gasteiger partial charge in [0, 0.05) is 18.8 Å². The second-order valence-corrected chi connectivity index (χ2v) is 6.24. The van der Waals surface area contributed by atoms with Gasteiger partial charge in [0.2, 0.25) is 0 Å². The molecule has 25 heavy (non-hydrogen) atoms. The van der Waals surface area contributed by atoms with Crippen LogP contribution < -0.4 is 15.4 Å². The number of fused-ring (bicyclic) bond motifs is 1. The van der Waals surface area contributed by atoms with Crippen LogP contribution in [0.1, 0.15) is 23.1 Å². The molecule has 2 amide bonds. The van der Waals surface area contributed by atoms with Crippen LogP contribution in [-0.4, -0.2) is 30.0 Å². The monoisotopic (exact) mass is 341 g/mol. The lowest BCUT2D eigenvalue weighted by molar-refractivity contribution is -0.0470. The number of carbonyl (C=O) groups excluding carboxylic acids is 1. The van der Waals surface area contributed by atoms with Crippen molar-refractivity contribution in [2.75, 3.05) is 18.6 Å². The minimum absolute atomic E-state index is 0.0957. The summed E-state index contributed by atoms with van der Waals surface area (Å²) in [6.07, 6.45) is 2.05. The number of nitrogens with zero attached hydrogens (tertiary/aromatic N) is 2. The molecule has 0 atom stereocenters. The third-order valence-electron chi connectivity index (χ3n) is 4.45. The first-order valence-electron chi connectivity index (χ1n) is 8.32. The molecule has 1 heterocycles. The van der Waals surface area contributed by atoms with Gasteiger partial charge in [0.05, 0.1) is 13.7 Å². The van der Waals surface area contributed by atoms with E-state index >= 15 is 0 Å². The molecule has 0 aromatic heterocycles. The van der Waals surface area contributed by atoms with E-state index in [-0.39, 0.29) is 6.54 Å². The van der Waals surface area contributed by atoms with E-state index in [9.17, 15) is 10.0 Å². The van der Waals surface area contributed by atoms with E-state index in [1.807, 2.05) is 24.3 Å². The van der Waals surface area contributed by atoms with E-state index in [0.717, 1.165) is 37.2 Å². The van der Waals surface area contributed by atoms with Gasteiger partial charge in [-0.2, -0.15) is 0 Å². The summed E-state index contributed by atoms with van der Waals surface area (Å²) in [5.41, 5.74) is 9.56. The lowest BCUT2D eigenvalue weighted by atomic mass is 9.98. The number of hydrogen-bond donors (Lipinski definition) is 2. The Morgan fingerprint density at radius 2 is 2.12 bits per heavy atom. The molecule has 0 saturated heterocycles. The number of amides is 2. The number of rotatable bonds is 5. The standard InChI is InChI=1S/C19H23N3O3/c1-25-17-6-2-4-14(11-17)12-21-9-3-5-16-10-15(7-8-18(16)21)13-22(24)19(20)23/h2,4,6-8,10-11,24H,3,5,9,12-13H2,1H3,(H2,20,23). The van der Waals surface area contributed by atoms with Gasteiger partial charge in [-0.15, -0.1) is 0 Å². The van der Waals surface area contributed by atoms with Crippen molar-refractivity contribution in [1.29, 1.82) is 0 Å². The molecule has 2 aromatic carbocycles. The Morgan fingerprint density at radius 1 is 1.28 bits per heavy atom. The van der Waals surface area contributed by atoms with Crippen molar-refractivity contribution < 1.29 is 14.7 Å². The third kappa shape index (κ3) is 4.03. The summed E-state index contributed by atoms with van der Waals surface area (Å²) in [5.74, 6) is 0.861. The van der Waals surface area contributed by atoms with Crippen molar-refractivity contribution in [3.8, 4) is 5.75 Å². The van der Waals surface area contributed by atoms with E-state index < -0.39 is 6.03 Å². The molecule has 3 N–H and O–H groups in total. The Hall–Kier alpha value is -2.73. The number of anilines is 1. The van der Waals surface area contributed by atoms with E-state index in [1.54, 1.807) is 7.11 Å². The Morgan fingerprint density at radius 3 is 2.88 bits per heavy atom. The molecular formula is C19H23N3O3. The highest BCUT2D eigenvalue weighted by molar-refractivity contribution is 5.70. The van der Waals surface area contributed by atoms with Gasteiger partial charge in [-0.25, -0.2) is 9.86 Å². The van der Waals surface area contributed by atoms with Gasteiger partial charge < -0.3 is 15.4 Å². The maximum atomic E-state index is 11.0. The van der Waals surface area contributed by atoms with E-state index in [0.29, 0.717) is 5.06 Å². The molecule has 2 aromatic rings. The average molecular weight is 341 g/mol. The van der Waals surface area contributed by atoms with Gasteiger partial charge in [-0.3, -0.25) is 5.21 Å². The van der Waals surface area contributed by atoms with E-state index in [1.165, 1.54) is 16.8 Å². The van der Waals surface area contributed by atoms with Crippen LogP contribution in [0.5, 0.6) is 5.75 Å². The van der Waals surface area contributed by atoms with Crippen molar-refractivity contribution in [1.82, 2.24) is 5.06 Å². The minimum Gasteiger partial charge on any atom is -0.497 e. The number of primary amides is 1. The van der Waals surface area contributed by atoms with Gasteiger partial charge in [0.1, 0.15) is 5.75 Å². The molecule has 6 heteroatoms. The van der Waals surface area contributed by atoms with Gasteiger partial charge in [0.15, 0.2) is 0 Å². The summed E-state index contributed by atoms with van der Waals surface area (Å²) >= 11 is 0. The van der Waals surface area contributed by atoms with Crippen LogP contribution >= 0.6 is 0 Å². The molecule has 0 unspecified atom stereocenters. The molecule has 3 rings (SSSR count). The molecule has 0 radical (unpaired) electrons. The zero-order chi connectivity index (χ0) is 17.8. The Balaban J connectivity index is 1.78. The smallest absolute Gasteiger partial charge is 0.338 e. The fourth-order valence-corrected chi connectivity index (χ4v) is 3.23. The average Bonchev–Trinajstić information content (AvgIpc) is 2.62. The fraction of sp³-hybridized carbons (Fsp3) is 0.316. The molecule has 1 aliphatic rings. The van der Waals surface area contributed by atoms with E-state index in [4.69, 9.17) is 10.5 Å². The van der Waals surface area contributed by atoms with Crippen molar-refractivity contribution in [3.63, 3.8) is 0 Å². The second kappa shape index (κ2) is 7.44. The first-order chi connectivity index (χ1) is 12.1. The summed E-state index contributed by atoms with van der Waals surface area (Å²) in [6.45, 7) is 1.91. The number of hydrogen-bond acceptors (Lipinski definition) is 4. The SMILES string of the molecule is COc1cccc(CN2CCCc3cc(CN(O)C(N)=O)ccc32)c1.